The van der Waals surface area contributed by atoms with Gasteiger partial charge in [0, 0.05) is 51.0 Å². The summed E-state index contributed by atoms with van der Waals surface area (Å²) in [4.78, 5) is 11.3. The Balaban J connectivity index is 2.86. The van der Waals surface area contributed by atoms with Gasteiger partial charge in [-0.05, 0) is 62.6 Å². The van der Waals surface area contributed by atoms with Crippen molar-refractivity contribution in [2.24, 2.45) is 15.1 Å². The number of hydrogen-bond acceptors (Lipinski definition) is 5. The lowest BCUT2D eigenvalue weighted by molar-refractivity contribution is 0.438. The van der Waals surface area contributed by atoms with Gasteiger partial charge in [-0.25, -0.2) is 0 Å². The zero-order chi connectivity index (χ0) is 24.4. The Kier molecular flexibility index (Phi) is 10.3. The van der Waals surface area contributed by atoms with E-state index in [9.17, 15) is 0 Å². The molecule has 0 N–H and O–H groups in total. The van der Waals surface area contributed by atoms with Crippen molar-refractivity contribution in [2.45, 2.75) is 27.7 Å². The maximum Gasteiger partial charge on any atom is 0.0640 e. The van der Waals surface area contributed by atoms with E-state index in [1.54, 1.807) is 5.01 Å². The van der Waals surface area contributed by atoms with E-state index in [1.165, 1.54) is 0 Å². The van der Waals surface area contributed by atoms with Crippen LogP contribution >= 0.6 is 0 Å². The van der Waals surface area contributed by atoms with E-state index in [0.717, 1.165) is 45.2 Å². The maximum absolute atomic E-state index is 4.69. The van der Waals surface area contributed by atoms with Gasteiger partial charge in [-0.15, -0.1) is 0 Å². The van der Waals surface area contributed by atoms with Crippen molar-refractivity contribution in [3.63, 3.8) is 0 Å². The molecule has 1 aromatic carbocycles. The van der Waals surface area contributed by atoms with E-state index in [2.05, 4.69) is 64.0 Å². The van der Waals surface area contributed by atoms with Crippen molar-refractivity contribution in [1.82, 2.24) is 5.01 Å². The molecule has 170 valence electrons. The van der Waals surface area contributed by atoms with E-state index in [1.807, 2.05) is 74.1 Å². The molecule has 32 heavy (non-hydrogen) atoms. The molecule has 0 aliphatic carbocycles. The molecule has 0 aliphatic rings. The molecular weight excluding hydrogens is 394 g/mol. The summed E-state index contributed by atoms with van der Waals surface area (Å²) in [6.07, 6.45) is 5.65. The van der Waals surface area contributed by atoms with Crippen LogP contribution in [0.25, 0.3) is 0 Å². The highest BCUT2D eigenvalue weighted by Gasteiger charge is 2.01. The summed E-state index contributed by atoms with van der Waals surface area (Å²) in [6, 6.07) is 8.32. The highest BCUT2D eigenvalue weighted by molar-refractivity contribution is 6.03. The minimum atomic E-state index is 0.623. The number of rotatable bonds is 10. The second-order valence-corrected chi connectivity index (χ2v) is 8.03. The lowest BCUT2D eigenvalue weighted by Gasteiger charge is -2.12. The van der Waals surface area contributed by atoms with Crippen LogP contribution in [0.15, 0.2) is 99.9 Å². The first-order chi connectivity index (χ1) is 14.9. The lowest BCUT2D eigenvalue weighted by atomic mass is 10.1. The van der Waals surface area contributed by atoms with Crippen LogP contribution in [-0.4, -0.2) is 50.3 Å². The molecule has 0 saturated carbocycles. The van der Waals surface area contributed by atoms with Gasteiger partial charge in [0.1, 0.15) is 0 Å². The minimum Gasteiger partial charge on any atom is -0.378 e. The zero-order valence-corrected chi connectivity index (χ0v) is 20.9. The highest BCUT2D eigenvalue weighted by Crippen LogP contribution is 2.14. The number of nitrogens with zero attached hydrogens (tertiary/aromatic N) is 5. The Morgan fingerprint density at radius 1 is 0.781 bits per heavy atom. The second-order valence-electron chi connectivity index (χ2n) is 8.03. The van der Waals surface area contributed by atoms with Crippen molar-refractivity contribution in [3.05, 3.63) is 90.3 Å². The van der Waals surface area contributed by atoms with Gasteiger partial charge < -0.3 is 9.91 Å². The molecule has 0 aliphatic heterocycles. The topological polar surface area (TPSA) is 43.6 Å². The largest absolute Gasteiger partial charge is 0.378 e. The van der Waals surface area contributed by atoms with E-state index < -0.39 is 0 Å². The van der Waals surface area contributed by atoms with Crippen LogP contribution < -0.4 is 4.90 Å². The van der Waals surface area contributed by atoms with E-state index in [0.29, 0.717) is 5.70 Å². The summed E-state index contributed by atoms with van der Waals surface area (Å²) < 4.78 is 0. The Bertz CT molecular complexity index is 997. The third-order valence-electron chi connectivity index (χ3n) is 4.60. The van der Waals surface area contributed by atoms with Crippen LogP contribution in [-0.2, 0) is 0 Å². The van der Waals surface area contributed by atoms with Gasteiger partial charge in [-0.1, -0.05) is 44.0 Å². The summed E-state index contributed by atoms with van der Waals surface area (Å²) in [5.74, 6) is 0. The third kappa shape index (κ3) is 9.13. The zero-order valence-electron chi connectivity index (χ0n) is 20.9. The number of anilines is 1. The molecule has 0 fully saturated rings. The summed E-state index contributed by atoms with van der Waals surface area (Å²) >= 11 is 0. The number of allylic oxidation sites excluding steroid dienone is 6. The molecule has 1 aromatic rings. The van der Waals surface area contributed by atoms with Crippen LogP contribution in [0.4, 0.5) is 5.69 Å². The molecule has 0 heterocycles. The molecule has 5 nitrogen and oxygen atoms in total. The van der Waals surface area contributed by atoms with E-state index in [4.69, 9.17) is 0 Å². The molecule has 0 spiro atoms. The molecule has 0 aromatic heterocycles. The van der Waals surface area contributed by atoms with Gasteiger partial charge in [-0.3, -0.25) is 9.98 Å². The van der Waals surface area contributed by atoms with Crippen LogP contribution in [0.1, 0.15) is 33.3 Å². The van der Waals surface area contributed by atoms with Crippen molar-refractivity contribution >= 4 is 22.8 Å². The molecule has 0 atom stereocenters. The van der Waals surface area contributed by atoms with Crippen molar-refractivity contribution in [1.29, 1.82) is 0 Å². The van der Waals surface area contributed by atoms with Gasteiger partial charge >= 0.3 is 0 Å². The van der Waals surface area contributed by atoms with Gasteiger partial charge in [0.15, 0.2) is 0 Å². The fourth-order valence-corrected chi connectivity index (χ4v) is 2.73. The Hall–Kier alpha value is -3.47. The number of hydrogen-bond donors (Lipinski definition) is 0. The summed E-state index contributed by atoms with van der Waals surface area (Å²) in [5.41, 5.74) is 7.89. The van der Waals surface area contributed by atoms with Gasteiger partial charge in [0.25, 0.3) is 0 Å². The van der Waals surface area contributed by atoms with Crippen molar-refractivity contribution in [3.8, 4) is 0 Å². The van der Waals surface area contributed by atoms with Crippen LogP contribution in [0.3, 0.4) is 0 Å². The average molecular weight is 432 g/mol. The number of hydrazone groups is 1. The highest BCUT2D eigenvalue weighted by atomic mass is 15.4. The third-order valence-corrected chi connectivity index (χ3v) is 4.60. The Morgan fingerprint density at radius 3 is 1.81 bits per heavy atom. The SMILES string of the molecule is C=C(/C=C(\C)N=C(C)c1ccc(N(C)C)cc1)N=C(C)C(=C)/C=C\C(=C)C(C)=NN(C)C. The molecule has 0 saturated heterocycles. The van der Waals surface area contributed by atoms with E-state index in [-0.39, 0.29) is 0 Å². The average Bonchev–Trinajstić information content (AvgIpc) is 2.70. The fourth-order valence-electron chi connectivity index (χ4n) is 2.73. The van der Waals surface area contributed by atoms with Crippen LogP contribution in [0, 0.1) is 0 Å². The predicted octanol–water partition coefficient (Wildman–Crippen LogP) is 6.05. The van der Waals surface area contributed by atoms with Crippen LogP contribution in [0.5, 0.6) is 0 Å². The fraction of sp³-hybridized carbons (Fsp3) is 0.296. The van der Waals surface area contributed by atoms with Crippen molar-refractivity contribution in [2.75, 3.05) is 33.1 Å². The molecule has 1 rings (SSSR count). The second kappa shape index (κ2) is 12.4. The van der Waals surface area contributed by atoms with E-state index >= 15 is 0 Å². The number of benzene rings is 1. The van der Waals surface area contributed by atoms with Gasteiger partial charge in [0.05, 0.1) is 11.4 Å². The summed E-state index contributed by atoms with van der Waals surface area (Å²) in [5, 5.41) is 6.09. The Morgan fingerprint density at radius 2 is 1.31 bits per heavy atom. The monoisotopic (exact) mass is 431 g/mol. The molecule has 0 unspecified atom stereocenters. The first kappa shape index (κ1) is 26.6. The smallest absolute Gasteiger partial charge is 0.0640 e. The first-order valence-electron chi connectivity index (χ1n) is 10.5. The normalized spacial score (nSPS) is 13.4. The van der Waals surface area contributed by atoms with Crippen molar-refractivity contribution < 1.29 is 0 Å². The summed E-state index contributed by atoms with van der Waals surface area (Å²) in [6.45, 7) is 19.9. The Labute approximate surface area is 194 Å². The maximum atomic E-state index is 4.69. The standard InChI is InChI=1S/C27H37N5/c1-19(12-13-20(2)24(6)30-32(10)11)23(5)28-21(3)18-22(4)29-25(7)26-14-16-27(17-15-26)31(8)9/h12-18H,1-3H2,4-11H3/b13-12-,22-18+,28-23?,29-25?,30-24?. The molecule has 5 heteroatoms. The minimum absolute atomic E-state index is 0.623. The van der Waals surface area contributed by atoms with Gasteiger partial charge in [0.2, 0.25) is 0 Å². The first-order valence-corrected chi connectivity index (χ1v) is 10.5. The summed E-state index contributed by atoms with van der Waals surface area (Å²) in [7, 11) is 7.81. The van der Waals surface area contributed by atoms with Crippen LogP contribution in [0.2, 0.25) is 0 Å². The quantitative estimate of drug-likeness (QED) is 0.257. The molecule has 0 amide bonds. The predicted molar refractivity (Wildman–Crippen MR) is 143 cm³/mol. The molecule has 0 bridgehead atoms. The molecular formula is C27H37N5. The molecule has 0 radical (unpaired) electrons. The van der Waals surface area contributed by atoms with Gasteiger partial charge in [-0.2, -0.15) is 5.10 Å². The lowest BCUT2D eigenvalue weighted by Crippen LogP contribution is -2.08. The number of aliphatic imine (C=N–C) groups is 2.